The molecule has 0 saturated carbocycles. The second-order valence-electron chi connectivity index (χ2n) is 11.5. The fraction of sp³-hybridized carbons (Fsp3) is 0.567. The fourth-order valence-electron chi connectivity index (χ4n) is 5.32. The van der Waals surface area contributed by atoms with Crippen LogP contribution in [0.25, 0.3) is 0 Å². The maximum atomic E-state index is 13.3. The first-order valence-electron chi connectivity index (χ1n) is 13.3. The van der Waals surface area contributed by atoms with E-state index in [0.29, 0.717) is 29.3 Å². The average molecular weight is 510 g/mol. The van der Waals surface area contributed by atoms with Crippen molar-refractivity contribution >= 4 is 17.7 Å². The summed E-state index contributed by atoms with van der Waals surface area (Å²) in [6.45, 7) is 18.7. The van der Waals surface area contributed by atoms with E-state index in [2.05, 4.69) is 61.9 Å². The first-order chi connectivity index (χ1) is 17.1. The van der Waals surface area contributed by atoms with Crippen LogP contribution in [0.3, 0.4) is 0 Å². The van der Waals surface area contributed by atoms with Gasteiger partial charge in [0.1, 0.15) is 5.75 Å². The standard InChI is InChI=1S/C30H43N3O2S/c1-21(2)26-17-27(28(34)15-22(26)3)29(35)33-19-24-8-7-23(16-25(24)20-33)18-32-13-11-31(12-14-32)10-9-30(4,5)36-6/h7-8,15-17,21,34H,9-14,18-20H2,1-6H3. The number of carbonyl (C=O) groups excluding carboxylic acids is 1. The molecule has 2 aliphatic heterocycles. The van der Waals surface area contributed by atoms with E-state index in [1.807, 2.05) is 29.7 Å². The third kappa shape index (κ3) is 6.27. The zero-order chi connectivity index (χ0) is 26.0. The van der Waals surface area contributed by atoms with E-state index in [4.69, 9.17) is 0 Å². The SMILES string of the molecule is CSC(C)(C)CCN1CCN(Cc2ccc3c(c2)CN(C(=O)c2cc(C(C)C)c(C)cc2O)C3)CC1. The Morgan fingerprint density at radius 3 is 2.36 bits per heavy atom. The number of aryl methyl sites for hydroxylation is 1. The molecule has 2 heterocycles. The van der Waals surface area contributed by atoms with E-state index in [9.17, 15) is 9.90 Å². The van der Waals surface area contributed by atoms with Crippen molar-refractivity contribution in [1.29, 1.82) is 0 Å². The molecule has 0 aromatic heterocycles. The Labute approximate surface area is 221 Å². The van der Waals surface area contributed by atoms with Gasteiger partial charge in [-0.15, -0.1) is 0 Å². The quantitative estimate of drug-likeness (QED) is 0.500. The zero-order valence-electron chi connectivity index (χ0n) is 22.9. The van der Waals surface area contributed by atoms with Crippen molar-refractivity contribution in [2.75, 3.05) is 39.0 Å². The molecular weight excluding hydrogens is 466 g/mol. The summed E-state index contributed by atoms with van der Waals surface area (Å²) in [5.74, 6) is 0.294. The van der Waals surface area contributed by atoms with Crippen molar-refractivity contribution in [3.05, 3.63) is 63.7 Å². The summed E-state index contributed by atoms with van der Waals surface area (Å²) in [6.07, 6.45) is 3.44. The zero-order valence-corrected chi connectivity index (χ0v) is 23.7. The van der Waals surface area contributed by atoms with Crippen LogP contribution in [0.4, 0.5) is 0 Å². The van der Waals surface area contributed by atoms with Crippen LogP contribution in [0.2, 0.25) is 0 Å². The van der Waals surface area contributed by atoms with Crippen molar-refractivity contribution in [2.24, 2.45) is 0 Å². The van der Waals surface area contributed by atoms with Crippen molar-refractivity contribution < 1.29 is 9.90 Å². The molecule has 0 radical (unpaired) electrons. The number of amides is 1. The molecule has 0 bridgehead atoms. The number of thioether (sulfide) groups is 1. The number of fused-ring (bicyclic) bond motifs is 1. The lowest BCUT2D eigenvalue weighted by molar-refractivity contribution is 0.0748. The van der Waals surface area contributed by atoms with Gasteiger partial charge in [-0.2, -0.15) is 11.8 Å². The van der Waals surface area contributed by atoms with Gasteiger partial charge < -0.3 is 14.9 Å². The van der Waals surface area contributed by atoms with Gasteiger partial charge in [-0.3, -0.25) is 9.69 Å². The van der Waals surface area contributed by atoms with E-state index in [0.717, 1.165) is 43.9 Å². The molecule has 6 heteroatoms. The van der Waals surface area contributed by atoms with Gasteiger partial charge >= 0.3 is 0 Å². The predicted octanol–water partition coefficient (Wildman–Crippen LogP) is 5.63. The Morgan fingerprint density at radius 2 is 1.69 bits per heavy atom. The average Bonchev–Trinajstić information content (AvgIpc) is 3.27. The molecule has 2 aromatic rings. The third-order valence-electron chi connectivity index (χ3n) is 7.97. The number of hydrogen-bond acceptors (Lipinski definition) is 5. The molecule has 1 N–H and O–H groups in total. The number of hydrogen-bond donors (Lipinski definition) is 1. The molecule has 1 amide bonds. The molecule has 196 valence electrons. The Morgan fingerprint density at radius 1 is 1.03 bits per heavy atom. The molecule has 2 aromatic carbocycles. The van der Waals surface area contributed by atoms with E-state index >= 15 is 0 Å². The van der Waals surface area contributed by atoms with Crippen molar-refractivity contribution in [3.63, 3.8) is 0 Å². The lowest BCUT2D eigenvalue weighted by Crippen LogP contribution is -2.46. The van der Waals surface area contributed by atoms with E-state index in [-0.39, 0.29) is 11.7 Å². The Balaban J connectivity index is 1.34. The summed E-state index contributed by atoms with van der Waals surface area (Å²) >= 11 is 1.96. The summed E-state index contributed by atoms with van der Waals surface area (Å²) in [6, 6.07) is 10.3. The highest BCUT2D eigenvalue weighted by Crippen LogP contribution is 2.32. The summed E-state index contributed by atoms with van der Waals surface area (Å²) in [7, 11) is 0. The normalized spacial score (nSPS) is 17.1. The van der Waals surface area contributed by atoms with Crippen LogP contribution in [0, 0.1) is 6.92 Å². The lowest BCUT2D eigenvalue weighted by atomic mass is 9.95. The molecular formula is C30H43N3O2S. The Kier molecular flexibility index (Phi) is 8.38. The van der Waals surface area contributed by atoms with E-state index in [1.165, 1.54) is 29.7 Å². The number of phenolic OH excluding ortho intramolecular Hbond substituents is 1. The van der Waals surface area contributed by atoms with Crippen LogP contribution in [-0.4, -0.2) is 69.4 Å². The van der Waals surface area contributed by atoms with Gasteiger partial charge in [0.15, 0.2) is 0 Å². The van der Waals surface area contributed by atoms with Crippen LogP contribution >= 0.6 is 11.8 Å². The Bertz CT molecular complexity index is 1090. The number of phenols is 1. The molecule has 4 rings (SSSR count). The number of nitrogens with zero attached hydrogens (tertiary/aromatic N) is 3. The van der Waals surface area contributed by atoms with E-state index < -0.39 is 0 Å². The third-order valence-corrected chi connectivity index (χ3v) is 9.28. The number of piperazine rings is 1. The smallest absolute Gasteiger partial charge is 0.258 e. The van der Waals surface area contributed by atoms with Gasteiger partial charge in [0, 0.05) is 50.6 Å². The molecule has 36 heavy (non-hydrogen) atoms. The summed E-state index contributed by atoms with van der Waals surface area (Å²) < 4.78 is 0.353. The van der Waals surface area contributed by atoms with Crippen LogP contribution < -0.4 is 0 Å². The number of rotatable bonds is 8. The minimum absolute atomic E-state index is 0.0784. The molecule has 1 saturated heterocycles. The molecule has 1 fully saturated rings. The predicted molar refractivity (Wildman–Crippen MR) is 151 cm³/mol. The summed E-state index contributed by atoms with van der Waals surface area (Å²) in [5.41, 5.74) is 6.32. The topological polar surface area (TPSA) is 47.0 Å². The van der Waals surface area contributed by atoms with Crippen molar-refractivity contribution in [1.82, 2.24) is 14.7 Å². The highest BCUT2D eigenvalue weighted by atomic mass is 32.2. The highest BCUT2D eigenvalue weighted by molar-refractivity contribution is 7.99. The number of aromatic hydroxyl groups is 1. The van der Waals surface area contributed by atoms with Gasteiger partial charge in [-0.1, -0.05) is 45.9 Å². The summed E-state index contributed by atoms with van der Waals surface area (Å²) in [5, 5.41) is 10.5. The highest BCUT2D eigenvalue weighted by Gasteiger charge is 2.27. The van der Waals surface area contributed by atoms with Crippen LogP contribution in [0.15, 0.2) is 30.3 Å². The van der Waals surface area contributed by atoms with Gasteiger partial charge in [-0.25, -0.2) is 0 Å². The Hall–Kier alpha value is -2.02. The molecule has 0 aliphatic carbocycles. The summed E-state index contributed by atoms with van der Waals surface area (Å²) in [4.78, 5) is 20.4. The first kappa shape index (κ1) is 27.0. The van der Waals surface area contributed by atoms with Crippen LogP contribution in [0.1, 0.15) is 78.2 Å². The maximum absolute atomic E-state index is 13.3. The first-order valence-corrected chi connectivity index (χ1v) is 14.5. The molecule has 5 nitrogen and oxygen atoms in total. The largest absolute Gasteiger partial charge is 0.507 e. The van der Waals surface area contributed by atoms with Crippen LogP contribution in [-0.2, 0) is 19.6 Å². The minimum Gasteiger partial charge on any atom is -0.507 e. The van der Waals surface area contributed by atoms with Gasteiger partial charge in [0.2, 0.25) is 0 Å². The number of benzene rings is 2. The lowest BCUT2D eigenvalue weighted by Gasteiger charge is -2.36. The van der Waals surface area contributed by atoms with Crippen molar-refractivity contribution in [3.8, 4) is 5.75 Å². The second kappa shape index (κ2) is 11.2. The maximum Gasteiger partial charge on any atom is 0.258 e. The minimum atomic E-state index is -0.0899. The fourth-order valence-corrected chi connectivity index (χ4v) is 5.62. The van der Waals surface area contributed by atoms with E-state index in [1.54, 1.807) is 6.07 Å². The molecule has 0 spiro atoms. The van der Waals surface area contributed by atoms with Gasteiger partial charge in [0.05, 0.1) is 5.56 Å². The number of carbonyl (C=O) groups is 1. The molecule has 0 atom stereocenters. The monoisotopic (exact) mass is 509 g/mol. The second-order valence-corrected chi connectivity index (χ2v) is 13.0. The van der Waals surface area contributed by atoms with Gasteiger partial charge in [-0.05, 0) is 72.0 Å². The van der Waals surface area contributed by atoms with Crippen molar-refractivity contribution in [2.45, 2.75) is 71.3 Å². The molecule has 2 aliphatic rings. The van der Waals surface area contributed by atoms with Gasteiger partial charge in [0.25, 0.3) is 5.91 Å². The van der Waals surface area contributed by atoms with Crippen LogP contribution in [0.5, 0.6) is 5.75 Å². The molecule has 0 unspecified atom stereocenters.